The molecule has 0 radical (unpaired) electrons. The first-order valence-corrected chi connectivity index (χ1v) is 9.09. The van der Waals surface area contributed by atoms with Crippen molar-refractivity contribution >= 4 is 29.1 Å². The first kappa shape index (κ1) is 19.0. The molecule has 1 aromatic carbocycles. The van der Waals surface area contributed by atoms with Gasteiger partial charge in [0.2, 0.25) is 11.8 Å². The van der Waals surface area contributed by atoms with E-state index in [0.29, 0.717) is 12.8 Å². The molecule has 0 aliphatic heterocycles. The number of alkyl halides is 3. The fourth-order valence-corrected chi connectivity index (χ4v) is 3.55. The molecule has 0 aromatic heterocycles. The number of carbonyl (C=O) groups excluding carboxylic acids is 2. The summed E-state index contributed by atoms with van der Waals surface area (Å²) in [7, 11) is 0. The molecule has 0 spiro atoms. The monoisotopic (exact) mass is 388 g/mol. The molecule has 26 heavy (non-hydrogen) atoms. The van der Waals surface area contributed by atoms with E-state index in [2.05, 4.69) is 10.6 Å². The van der Waals surface area contributed by atoms with E-state index in [9.17, 15) is 22.8 Å². The molecule has 2 saturated carbocycles. The van der Waals surface area contributed by atoms with E-state index in [4.69, 9.17) is 11.6 Å². The molecule has 4 nitrogen and oxygen atoms in total. The summed E-state index contributed by atoms with van der Waals surface area (Å²) >= 11 is 5.58. The van der Waals surface area contributed by atoms with Crippen molar-refractivity contribution in [3.8, 4) is 0 Å². The normalized spacial score (nSPS) is 19.7. The van der Waals surface area contributed by atoms with Crippen molar-refractivity contribution in [1.29, 1.82) is 0 Å². The third-order valence-corrected chi connectivity index (χ3v) is 5.42. The summed E-state index contributed by atoms with van der Waals surface area (Å²) in [5.74, 6) is -0.895. The third-order valence-electron chi connectivity index (χ3n) is 5.09. The van der Waals surface area contributed by atoms with Gasteiger partial charge in [-0.25, -0.2) is 0 Å². The lowest BCUT2D eigenvalue weighted by Crippen LogP contribution is -2.45. The van der Waals surface area contributed by atoms with Crippen LogP contribution in [0.4, 0.5) is 18.9 Å². The van der Waals surface area contributed by atoms with Gasteiger partial charge in [0.15, 0.2) is 0 Å². The van der Waals surface area contributed by atoms with Gasteiger partial charge in [0.1, 0.15) is 5.41 Å². The van der Waals surface area contributed by atoms with Crippen molar-refractivity contribution in [1.82, 2.24) is 5.32 Å². The minimum absolute atomic E-state index is 0.0246. The minimum atomic E-state index is -4.62. The molecule has 8 heteroatoms. The Balaban J connectivity index is 1.68. The molecule has 0 heterocycles. The topological polar surface area (TPSA) is 58.2 Å². The number of nitrogens with one attached hydrogen (secondary N) is 2. The first-order valence-electron chi connectivity index (χ1n) is 8.71. The summed E-state index contributed by atoms with van der Waals surface area (Å²) in [6.45, 7) is 0. The fraction of sp³-hybridized carbons (Fsp3) is 0.556. The highest BCUT2D eigenvalue weighted by Gasteiger charge is 2.56. The van der Waals surface area contributed by atoms with Gasteiger partial charge in [-0.05, 0) is 43.9 Å². The summed E-state index contributed by atoms with van der Waals surface area (Å²) in [6, 6.07) is 3.25. The van der Waals surface area contributed by atoms with E-state index in [0.717, 1.165) is 44.2 Å². The molecule has 2 N–H and O–H groups in total. The van der Waals surface area contributed by atoms with Gasteiger partial charge in [0, 0.05) is 11.7 Å². The van der Waals surface area contributed by atoms with Crippen LogP contribution in [0, 0.1) is 5.41 Å². The number of carbonyl (C=O) groups is 2. The maximum atomic E-state index is 12.9. The molecule has 0 atom stereocenters. The molecule has 142 valence electrons. The molecule has 2 fully saturated rings. The van der Waals surface area contributed by atoms with Crippen LogP contribution in [0.1, 0.15) is 50.5 Å². The Labute approximate surface area is 154 Å². The van der Waals surface area contributed by atoms with Crippen molar-refractivity contribution in [3.05, 3.63) is 28.8 Å². The summed E-state index contributed by atoms with van der Waals surface area (Å²) in [5.41, 5.74) is -2.22. The van der Waals surface area contributed by atoms with E-state index < -0.39 is 28.1 Å². The van der Waals surface area contributed by atoms with Gasteiger partial charge < -0.3 is 10.6 Å². The lowest BCUT2D eigenvalue weighted by molar-refractivity contribution is -0.138. The Bertz CT molecular complexity index is 711. The van der Waals surface area contributed by atoms with Crippen molar-refractivity contribution in [2.75, 3.05) is 5.32 Å². The molecule has 1 aromatic rings. The van der Waals surface area contributed by atoms with Crippen LogP contribution in [0.5, 0.6) is 0 Å². The smallest absolute Gasteiger partial charge is 0.352 e. The Morgan fingerprint density at radius 1 is 1.08 bits per heavy atom. The summed E-state index contributed by atoms with van der Waals surface area (Å²) in [4.78, 5) is 25.1. The van der Waals surface area contributed by atoms with Crippen LogP contribution >= 0.6 is 11.6 Å². The molecule has 2 aliphatic carbocycles. The number of halogens is 4. The standard InChI is InChI=1S/C18H20ClF3N2O2/c19-14-7-6-12(10-13(14)18(20,21)22)24-16(26)17(8-9-17)15(25)23-11-4-2-1-3-5-11/h6-7,10-11H,1-5,8-9H2,(H,23,25)(H,24,26). The number of benzene rings is 1. The molecule has 3 rings (SSSR count). The largest absolute Gasteiger partial charge is 0.417 e. The van der Waals surface area contributed by atoms with Crippen LogP contribution in [0.15, 0.2) is 18.2 Å². The van der Waals surface area contributed by atoms with Crippen molar-refractivity contribution in [2.24, 2.45) is 5.41 Å². The Hall–Kier alpha value is -1.76. The maximum absolute atomic E-state index is 12.9. The second kappa shape index (κ2) is 7.10. The Kier molecular flexibility index (Phi) is 5.19. The molecule has 2 aliphatic rings. The van der Waals surface area contributed by atoms with Crippen LogP contribution < -0.4 is 10.6 Å². The molecule has 0 saturated heterocycles. The van der Waals surface area contributed by atoms with Gasteiger partial charge in [-0.2, -0.15) is 13.2 Å². The van der Waals surface area contributed by atoms with Crippen molar-refractivity contribution < 1.29 is 22.8 Å². The zero-order valence-electron chi connectivity index (χ0n) is 14.1. The average molecular weight is 389 g/mol. The van der Waals surface area contributed by atoms with E-state index in [1.807, 2.05) is 0 Å². The highest BCUT2D eigenvalue weighted by molar-refractivity contribution is 6.31. The second-order valence-corrected chi connectivity index (χ2v) is 7.44. The zero-order valence-corrected chi connectivity index (χ0v) is 14.8. The average Bonchev–Trinajstić information content (AvgIpc) is 3.38. The zero-order chi connectivity index (χ0) is 18.9. The minimum Gasteiger partial charge on any atom is -0.352 e. The Morgan fingerprint density at radius 2 is 1.73 bits per heavy atom. The highest BCUT2D eigenvalue weighted by atomic mass is 35.5. The molecule has 0 bridgehead atoms. The maximum Gasteiger partial charge on any atom is 0.417 e. The van der Waals surface area contributed by atoms with Gasteiger partial charge >= 0.3 is 6.18 Å². The van der Waals surface area contributed by atoms with E-state index in [-0.39, 0.29) is 17.6 Å². The van der Waals surface area contributed by atoms with Crippen LogP contribution in [-0.4, -0.2) is 17.9 Å². The van der Waals surface area contributed by atoms with Gasteiger partial charge in [0.25, 0.3) is 0 Å². The SMILES string of the molecule is O=C(Nc1ccc(Cl)c(C(F)(F)F)c1)C1(C(=O)NC2CCCCC2)CC1. The first-order chi connectivity index (χ1) is 12.2. The summed E-state index contributed by atoms with van der Waals surface area (Å²) in [6.07, 6.45) is 1.23. The molecular weight excluding hydrogens is 369 g/mol. The number of anilines is 1. The second-order valence-electron chi connectivity index (χ2n) is 7.04. The number of rotatable bonds is 4. The lowest BCUT2D eigenvalue weighted by Gasteiger charge is -2.25. The summed E-state index contributed by atoms with van der Waals surface area (Å²) in [5, 5.41) is 4.94. The Morgan fingerprint density at radius 3 is 2.31 bits per heavy atom. The third kappa shape index (κ3) is 3.98. The quantitative estimate of drug-likeness (QED) is 0.745. The lowest BCUT2D eigenvalue weighted by atomic mass is 9.94. The van der Waals surface area contributed by atoms with E-state index in [1.165, 1.54) is 6.07 Å². The van der Waals surface area contributed by atoms with E-state index >= 15 is 0 Å². The molecular formula is C18H20ClF3N2O2. The highest BCUT2D eigenvalue weighted by Crippen LogP contribution is 2.47. The van der Waals surface area contributed by atoms with Gasteiger partial charge in [0.05, 0.1) is 10.6 Å². The number of amides is 2. The van der Waals surface area contributed by atoms with Crippen LogP contribution in [0.25, 0.3) is 0 Å². The molecule has 2 amide bonds. The van der Waals surface area contributed by atoms with Crippen LogP contribution in [-0.2, 0) is 15.8 Å². The predicted molar refractivity (Wildman–Crippen MR) is 91.8 cm³/mol. The summed E-state index contributed by atoms with van der Waals surface area (Å²) < 4.78 is 38.8. The van der Waals surface area contributed by atoms with Crippen LogP contribution in [0.2, 0.25) is 5.02 Å². The van der Waals surface area contributed by atoms with Crippen LogP contribution in [0.3, 0.4) is 0 Å². The number of hydrogen-bond donors (Lipinski definition) is 2. The predicted octanol–water partition coefficient (Wildman–Crippen LogP) is 4.53. The fourth-order valence-electron chi connectivity index (χ4n) is 3.32. The van der Waals surface area contributed by atoms with Crippen molar-refractivity contribution in [3.63, 3.8) is 0 Å². The van der Waals surface area contributed by atoms with Gasteiger partial charge in [-0.1, -0.05) is 30.9 Å². The van der Waals surface area contributed by atoms with Crippen molar-refractivity contribution in [2.45, 2.75) is 57.2 Å². The van der Waals surface area contributed by atoms with Gasteiger partial charge in [-0.15, -0.1) is 0 Å². The number of hydrogen-bond acceptors (Lipinski definition) is 2. The van der Waals surface area contributed by atoms with Gasteiger partial charge in [-0.3, -0.25) is 9.59 Å². The van der Waals surface area contributed by atoms with E-state index in [1.54, 1.807) is 0 Å². The molecule has 0 unspecified atom stereocenters.